The van der Waals surface area contributed by atoms with E-state index in [0.717, 1.165) is 99.9 Å². The van der Waals surface area contributed by atoms with Gasteiger partial charge >= 0.3 is 7.12 Å². The second-order valence-electron chi connectivity index (χ2n) is 30.9. The van der Waals surface area contributed by atoms with Crippen molar-refractivity contribution in [1.29, 1.82) is 0 Å². The van der Waals surface area contributed by atoms with Crippen LogP contribution in [0.25, 0.3) is 99.5 Å². The molecular weight excluding hydrogens is 1450 g/mol. The molecular formula is C104H72BClN4O6. The monoisotopic (exact) mass is 1520 g/mol. The highest BCUT2D eigenvalue weighted by Gasteiger charge is 2.53. The van der Waals surface area contributed by atoms with Crippen LogP contribution in [-0.2, 0) is 20.1 Å². The summed E-state index contributed by atoms with van der Waals surface area (Å²) in [5.74, 6) is 6.38. The van der Waals surface area contributed by atoms with Gasteiger partial charge in [-0.3, -0.25) is 0 Å². The van der Waals surface area contributed by atoms with Crippen molar-refractivity contribution in [2.45, 2.75) is 49.7 Å². The van der Waals surface area contributed by atoms with Crippen molar-refractivity contribution in [2.24, 2.45) is 0 Å². The van der Waals surface area contributed by atoms with Gasteiger partial charge in [-0.2, -0.15) is 0 Å². The Bertz CT molecular complexity index is 6850. The number of aromatic nitrogens is 4. The lowest BCUT2D eigenvalue weighted by Crippen LogP contribution is -2.41. The number of benzene rings is 16. The fourth-order valence-corrected chi connectivity index (χ4v) is 18.0. The van der Waals surface area contributed by atoms with E-state index in [0.29, 0.717) is 40.3 Å². The summed E-state index contributed by atoms with van der Waals surface area (Å²) in [7, 11) is -0.419. The van der Waals surface area contributed by atoms with E-state index in [9.17, 15) is 0 Å². The first-order chi connectivity index (χ1) is 56.9. The first-order valence-corrected chi connectivity index (χ1v) is 39.5. The van der Waals surface area contributed by atoms with E-state index in [-0.39, 0.29) is 5.28 Å². The maximum atomic E-state index is 6.48. The number of fused-ring (bicyclic) bond motifs is 16. The van der Waals surface area contributed by atoms with Gasteiger partial charge in [-0.15, -0.1) is 0 Å². The third-order valence-corrected chi connectivity index (χ3v) is 24.1. The van der Waals surface area contributed by atoms with E-state index in [1.807, 2.05) is 115 Å². The van der Waals surface area contributed by atoms with Crippen molar-refractivity contribution in [1.82, 2.24) is 19.9 Å². The Labute approximate surface area is 677 Å². The van der Waals surface area contributed by atoms with Crippen molar-refractivity contribution in [3.8, 4) is 102 Å². The Kier molecular flexibility index (Phi) is 16.8. The molecule has 5 aliphatic rings. The molecule has 3 aliphatic heterocycles. The summed E-state index contributed by atoms with van der Waals surface area (Å²) in [5, 5.41) is 7.02. The van der Waals surface area contributed by atoms with Gasteiger partial charge in [0.05, 0.1) is 44.5 Å². The number of hydrogen-bond donors (Lipinski definition) is 0. The van der Waals surface area contributed by atoms with Gasteiger partial charge in [0.15, 0.2) is 51.8 Å². The molecule has 16 aromatic carbocycles. The summed E-state index contributed by atoms with van der Waals surface area (Å²) < 4.78 is 38.2. The molecule has 0 unspecified atom stereocenters. The standard InChI is InChI=1S/C49H30N2O2.C37H31BO4.C18H11ClN2/c1-2-13-32(14-3-1)47-46-36-15-5-4-12-31(36)24-28-41(46)50-48(51-47)33-22-25-34(26-23-33)49(39-18-8-6-16-37(39)38-17-7-9-19-40(38)49)35-27-29-44-45(30-35)53-43-21-11-10-20-42(43)52-44;1-35(2)36(3,4)42-38(41-35)26-20-17-24(18-21-26)37(29-13-7-5-11-27(29)28-12-6-8-14-30(28)37)25-19-22-33-34(23-25)40-32-16-10-9-15-31(32)39-33;19-18-20-15-11-10-12-6-4-5-9-14(12)16(15)17(21-18)13-7-2-1-3-8-13/h1-30H;5-23H,1-4H3;1-11H. The van der Waals surface area contributed by atoms with Crippen molar-refractivity contribution in [2.75, 3.05) is 0 Å². The van der Waals surface area contributed by atoms with Gasteiger partial charge in [-0.05, 0) is 194 Å². The molecule has 1 fully saturated rings. The number of rotatable bonds is 8. The van der Waals surface area contributed by atoms with Gasteiger partial charge in [0, 0.05) is 27.5 Å². The fraction of sp³-hybridized carbons (Fsp3) is 0.0769. The van der Waals surface area contributed by atoms with E-state index >= 15 is 0 Å². The minimum Gasteiger partial charge on any atom is -0.450 e. The molecule has 2 aromatic heterocycles. The van der Waals surface area contributed by atoms with Crippen LogP contribution >= 0.6 is 11.6 Å². The van der Waals surface area contributed by atoms with Crippen LogP contribution in [0.5, 0.6) is 46.0 Å². The lowest BCUT2D eigenvalue weighted by molar-refractivity contribution is 0.00578. The first kappa shape index (κ1) is 70.1. The highest BCUT2D eigenvalue weighted by Crippen LogP contribution is 2.60. The van der Waals surface area contributed by atoms with Crippen LogP contribution in [0, 0.1) is 0 Å². The van der Waals surface area contributed by atoms with Crippen LogP contribution < -0.4 is 24.4 Å². The minimum atomic E-state index is -0.612. The van der Waals surface area contributed by atoms with Crippen molar-refractivity contribution < 1.29 is 28.3 Å². The first-order valence-electron chi connectivity index (χ1n) is 39.2. The molecule has 23 rings (SSSR count). The Balaban J connectivity index is 0.000000118. The number of hydrogen-bond acceptors (Lipinski definition) is 10. The molecule has 116 heavy (non-hydrogen) atoms. The summed E-state index contributed by atoms with van der Waals surface area (Å²) in [6, 6.07) is 126. The largest absolute Gasteiger partial charge is 0.494 e. The number of ether oxygens (including phenoxy) is 4. The predicted molar refractivity (Wildman–Crippen MR) is 465 cm³/mol. The van der Waals surface area contributed by atoms with Crippen molar-refractivity contribution in [3.63, 3.8) is 0 Å². The minimum absolute atomic E-state index is 0.275. The molecule has 12 heteroatoms. The Hall–Kier alpha value is -13.8. The molecule has 0 bridgehead atoms. The number of para-hydroxylation sites is 4. The van der Waals surface area contributed by atoms with E-state index in [1.165, 1.54) is 55.3 Å². The summed E-state index contributed by atoms with van der Waals surface area (Å²) in [5.41, 5.74) is 20.1. The summed E-state index contributed by atoms with van der Waals surface area (Å²) in [6.07, 6.45) is 0. The molecule has 0 atom stereocenters. The van der Waals surface area contributed by atoms with E-state index < -0.39 is 29.2 Å². The molecule has 1 saturated heterocycles. The zero-order valence-electron chi connectivity index (χ0n) is 63.8. The Morgan fingerprint density at radius 1 is 0.276 bits per heavy atom. The average molecular weight is 1520 g/mol. The maximum absolute atomic E-state index is 6.48. The third-order valence-electron chi connectivity index (χ3n) is 23.9. The maximum Gasteiger partial charge on any atom is 0.494 e. The molecule has 0 saturated carbocycles. The molecule has 0 spiro atoms. The van der Waals surface area contributed by atoms with Gasteiger partial charge in [-0.25, -0.2) is 19.9 Å². The molecule has 10 nitrogen and oxygen atoms in total. The Morgan fingerprint density at radius 2 is 0.621 bits per heavy atom. The molecule has 0 amide bonds. The van der Waals surface area contributed by atoms with E-state index in [4.69, 9.17) is 49.8 Å². The van der Waals surface area contributed by atoms with Crippen LogP contribution in [0.1, 0.15) is 72.2 Å². The highest BCUT2D eigenvalue weighted by molar-refractivity contribution is 6.62. The van der Waals surface area contributed by atoms with E-state index in [2.05, 4.69) is 286 Å². The summed E-state index contributed by atoms with van der Waals surface area (Å²) in [4.78, 5) is 19.3. The fourth-order valence-electron chi connectivity index (χ4n) is 17.8. The van der Waals surface area contributed by atoms with Gasteiger partial charge in [-0.1, -0.05) is 303 Å². The van der Waals surface area contributed by atoms with E-state index in [1.54, 1.807) is 0 Å². The third kappa shape index (κ3) is 11.5. The molecule has 2 aliphatic carbocycles. The van der Waals surface area contributed by atoms with Crippen molar-refractivity contribution >= 4 is 67.5 Å². The predicted octanol–water partition coefficient (Wildman–Crippen LogP) is 25.7. The second kappa shape index (κ2) is 27.8. The highest BCUT2D eigenvalue weighted by atomic mass is 35.5. The van der Waals surface area contributed by atoms with Crippen LogP contribution in [-0.4, -0.2) is 38.3 Å². The zero-order chi connectivity index (χ0) is 77.9. The van der Waals surface area contributed by atoms with Crippen molar-refractivity contribution in [3.05, 3.63) is 414 Å². The lowest BCUT2D eigenvalue weighted by Gasteiger charge is -2.34. The quantitative estimate of drug-likeness (QED) is 0.0829. The van der Waals surface area contributed by atoms with Crippen LogP contribution in [0.2, 0.25) is 5.28 Å². The Morgan fingerprint density at radius 3 is 1.06 bits per heavy atom. The molecule has 18 aromatic rings. The smallest absolute Gasteiger partial charge is 0.450 e. The van der Waals surface area contributed by atoms with Crippen LogP contribution in [0.4, 0.5) is 0 Å². The van der Waals surface area contributed by atoms with Crippen LogP contribution in [0.15, 0.2) is 364 Å². The molecule has 0 radical (unpaired) electrons. The number of halogens is 1. The summed E-state index contributed by atoms with van der Waals surface area (Å²) >= 11 is 6.10. The molecule has 0 N–H and O–H groups in total. The molecule has 5 heterocycles. The van der Waals surface area contributed by atoms with Gasteiger partial charge < -0.3 is 28.3 Å². The normalized spacial score (nSPS) is 14.7. The second-order valence-corrected chi connectivity index (χ2v) is 31.3. The van der Waals surface area contributed by atoms with Gasteiger partial charge in [0.2, 0.25) is 5.28 Å². The van der Waals surface area contributed by atoms with Gasteiger partial charge in [0.25, 0.3) is 0 Å². The summed E-state index contributed by atoms with van der Waals surface area (Å²) in [6.45, 7) is 8.35. The lowest BCUT2D eigenvalue weighted by atomic mass is 9.66. The SMILES string of the molecule is CC1(C)OB(c2ccc(C3(c4ccc5c(c4)Oc4ccccc4O5)c4ccccc4-c4ccccc43)cc2)OC1(C)C.Clc1nc(-c2ccccc2)c2c(ccc3ccccc32)n1.c1ccc(-c2nc(-c3ccc(C4(c5ccc6c(c5)Oc5ccccc5O6)c5ccccc5-c5ccccc54)cc3)nc3ccc4ccccc4c23)cc1. The number of nitrogens with zero attached hydrogens (tertiary/aromatic N) is 4. The average Bonchev–Trinajstić information content (AvgIpc) is 1.53. The van der Waals surface area contributed by atoms with Crippen LogP contribution in [0.3, 0.4) is 0 Å². The topological polar surface area (TPSA) is 107 Å². The van der Waals surface area contributed by atoms with Gasteiger partial charge in [0.1, 0.15) is 0 Å². The zero-order valence-corrected chi connectivity index (χ0v) is 64.6. The molecule has 554 valence electrons.